The number of benzene rings is 2. The van der Waals surface area contributed by atoms with E-state index in [4.69, 9.17) is 14.2 Å². The zero-order valence-corrected chi connectivity index (χ0v) is 13.7. The molecule has 0 saturated carbocycles. The Balaban J connectivity index is 1.61. The molecule has 0 radical (unpaired) electrons. The summed E-state index contributed by atoms with van der Waals surface area (Å²) in [6, 6.07) is 12.8. The van der Waals surface area contributed by atoms with Crippen LogP contribution in [0.2, 0.25) is 0 Å². The van der Waals surface area contributed by atoms with Gasteiger partial charge in [0.1, 0.15) is 12.4 Å². The number of rotatable bonds is 5. The number of anilines is 2. The van der Waals surface area contributed by atoms with Crippen molar-refractivity contribution in [3.63, 3.8) is 0 Å². The average Bonchev–Trinajstić information content (AvgIpc) is 2.60. The normalized spacial score (nSPS) is 12.8. The fourth-order valence-electron chi connectivity index (χ4n) is 2.51. The minimum atomic E-state index is -0.245. The SMILES string of the molecule is COc1ccccc1OCC(=O)Nc1ccc2c(c1)OCCN2C. The van der Waals surface area contributed by atoms with Crippen LogP contribution in [0.15, 0.2) is 42.5 Å². The number of carbonyl (C=O) groups excluding carboxylic acids is 1. The standard InChI is InChI=1S/C18H20N2O4/c1-20-9-10-23-17-11-13(7-8-14(17)20)19-18(21)12-24-16-6-4-3-5-15(16)22-2/h3-8,11H,9-10,12H2,1-2H3,(H,19,21). The van der Waals surface area contributed by atoms with E-state index in [0.29, 0.717) is 23.8 Å². The Hall–Kier alpha value is -2.89. The maximum Gasteiger partial charge on any atom is 0.262 e. The molecule has 2 aromatic carbocycles. The summed E-state index contributed by atoms with van der Waals surface area (Å²) in [5, 5.41) is 2.81. The summed E-state index contributed by atoms with van der Waals surface area (Å²) in [6.07, 6.45) is 0. The van der Waals surface area contributed by atoms with Gasteiger partial charge in [0.15, 0.2) is 18.1 Å². The largest absolute Gasteiger partial charge is 0.493 e. The van der Waals surface area contributed by atoms with Gasteiger partial charge in [-0.25, -0.2) is 0 Å². The molecule has 1 aliphatic rings. The van der Waals surface area contributed by atoms with Crippen LogP contribution in [0.1, 0.15) is 0 Å². The van der Waals surface area contributed by atoms with Crippen molar-refractivity contribution >= 4 is 17.3 Å². The van der Waals surface area contributed by atoms with E-state index in [1.807, 2.05) is 37.4 Å². The maximum absolute atomic E-state index is 12.1. The fourth-order valence-corrected chi connectivity index (χ4v) is 2.51. The highest BCUT2D eigenvalue weighted by atomic mass is 16.5. The number of carbonyl (C=O) groups is 1. The average molecular weight is 328 g/mol. The van der Waals surface area contributed by atoms with Crippen LogP contribution in [-0.2, 0) is 4.79 Å². The second-order valence-corrected chi connectivity index (χ2v) is 5.44. The van der Waals surface area contributed by atoms with Gasteiger partial charge in [0.25, 0.3) is 5.91 Å². The Kier molecular flexibility index (Phi) is 4.74. The van der Waals surface area contributed by atoms with Crippen molar-refractivity contribution in [2.24, 2.45) is 0 Å². The molecule has 0 fully saturated rings. The van der Waals surface area contributed by atoms with Gasteiger partial charge in [0.2, 0.25) is 0 Å². The van der Waals surface area contributed by atoms with Crippen molar-refractivity contribution in [3.8, 4) is 17.2 Å². The molecule has 6 nitrogen and oxygen atoms in total. The highest BCUT2D eigenvalue weighted by Gasteiger charge is 2.15. The predicted octanol–water partition coefficient (Wildman–Crippen LogP) is 2.54. The van der Waals surface area contributed by atoms with Crippen LogP contribution in [0.4, 0.5) is 11.4 Å². The molecule has 1 amide bonds. The zero-order chi connectivity index (χ0) is 16.9. The van der Waals surface area contributed by atoms with Gasteiger partial charge >= 0.3 is 0 Å². The molecule has 1 heterocycles. The Labute approximate surface area is 140 Å². The quantitative estimate of drug-likeness (QED) is 0.914. The molecule has 0 unspecified atom stereocenters. The first-order valence-corrected chi connectivity index (χ1v) is 7.71. The van der Waals surface area contributed by atoms with Gasteiger partial charge in [-0.3, -0.25) is 4.79 Å². The molecule has 0 atom stereocenters. The summed E-state index contributed by atoms with van der Waals surface area (Å²) >= 11 is 0. The minimum absolute atomic E-state index is 0.0990. The molecule has 1 aliphatic heterocycles. The van der Waals surface area contributed by atoms with Gasteiger partial charge < -0.3 is 24.4 Å². The van der Waals surface area contributed by atoms with E-state index < -0.39 is 0 Å². The van der Waals surface area contributed by atoms with Crippen LogP contribution in [0.3, 0.4) is 0 Å². The molecule has 0 spiro atoms. The van der Waals surface area contributed by atoms with Gasteiger partial charge in [-0.05, 0) is 24.3 Å². The van der Waals surface area contributed by atoms with Crippen LogP contribution in [0, 0.1) is 0 Å². The number of ether oxygens (including phenoxy) is 3. The highest BCUT2D eigenvalue weighted by molar-refractivity contribution is 5.92. The van der Waals surface area contributed by atoms with Gasteiger partial charge in [-0.15, -0.1) is 0 Å². The van der Waals surface area contributed by atoms with Crippen LogP contribution in [0.5, 0.6) is 17.2 Å². The third-order valence-corrected chi connectivity index (χ3v) is 3.77. The summed E-state index contributed by atoms with van der Waals surface area (Å²) in [6.45, 7) is 1.39. The molecule has 6 heteroatoms. The number of fused-ring (bicyclic) bond motifs is 1. The van der Waals surface area contributed by atoms with Gasteiger partial charge in [0, 0.05) is 18.8 Å². The van der Waals surface area contributed by atoms with Crippen molar-refractivity contribution in [2.45, 2.75) is 0 Å². The minimum Gasteiger partial charge on any atom is -0.493 e. The Morgan fingerprint density at radius 2 is 2.04 bits per heavy atom. The van der Waals surface area contributed by atoms with E-state index in [2.05, 4.69) is 10.2 Å². The molecule has 24 heavy (non-hydrogen) atoms. The van der Waals surface area contributed by atoms with Gasteiger partial charge in [-0.1, -0.05) is 12.1 Å². The van der Waals surface area contributed by atoms with Crippen molar-refractivity contribution < 1.29 is 19.0 Å². The molecular formula is C18H20N2O4. The number of hydrogen-bond donors (Lipinski definition) is 1. The molecule has 2 aromatic rings. The summed E-state index contributed by atoms with van der Waals surface area (Å²) < 4.78 is 16.3. The maximum atomic E-state index is 12.1. The number of amides is 1. The van der Waals surface area contributed by atoms with Crippen LogP contribution < -0.4 is 24.4 Å². The zero-order valence-electron chi connectivity index (χ0n) is 13.7. The monoisotopic (exact) mass is 328 g/mol. The predicted molar refractivity (Wildman–Crippen MR) is 92.3 cm³/mol. The Bertz CT molecular complexity index is 733. The van der Waals surface area contributed by atoms with Crippen LogP contribution in [-0.4, -0.2) is 39.8 Å². The molecular weight excluding hydrogens is 308 g/mol. The Morgan fingerprint density at radius 1 is 1.25 bits per heavy atom. The molecule has 126 valence electrons. The van der Waals surface area contributed by atoms with Gasteiger partial charge in [-0.2, -0.15) is 0 Å². The topological polar surface area (TPSA) is 60.0 Å². The smallest absolute Gasteiger partial charge is 0.262 e. The van der Waals surface area contributed by atoms with Crippen molar-refractivity contribution in [2.75, 3.05) is 44.1 Å². The highest BCUT2D eigenvalue weighted by Crippen LogP contribution is 2.33. The summed E-state index contributed by atoms with van der Waals surface area (Å²) in [4.78, 5) is 14.2. The molecule has 0 bridgehead atoms. The number of hydrogen-bond acceptors (Lipinski definition) is 5. The molecule has 0 aliphatic carbocycles. The van der Waals surface area contributed by atoms with E-state index in [1.165, 1.54) is 0 Å². The summed E-state index contributed by atoms with van der Waals surface area (Å²) in [5.74, 6) is 1.65. The van der Waals surface area contributed by atoms with E-state index in [9.17, 15) is 4.79 Å². The van der Waals surface area contributed by atoms with Crippen molar-refractivity contribution in [1.82, 2.24) is 0 Å². The number of para-hydroxylation sites is 2. The molecule has 0 aromatic heterocycles. The van der Waals surface area contributed by atoms with Crippen molar-refractivity contribution in [3.05, 3.63) is 42.5 Å². The third-order valence-electron chi connectivity index (χ3n) is 3.77. The molecule has 0 saturated heterocycles. The molecule has 3 rings (SSSR count). The lowest BCUT2D eigenvalue weighted by atomic mass is 10.2. The lowest BCUT2D eigenvalue weighted by molar-refractivity contribution is -0.118. The number of nitrogens with zero attached hydrogens (tertiary/aromatic N) is 1. The lowest BCUT2D eigenvalue weighted by Gasteiger charge is -2.27. The second kappa shape index (κ2) is 7.12. The van der Waals surface area contributed by atoms with E-state index in [-0.39, 0.29) is 12.5 Å². The van der Waals surface area contributed by atoms with Crippen LogP contribution >= 0.6 is 0 Å². The third kappa shape index (κ3) is 3.53. The van der Waals surface area contributed by atoms with Crippen molar-refractivity contribution in [1.29, 1.82) is 0 Å². The summed E-state index contributed by atoms with van der Waals surface area (Å²) in [7, 11) is 3.58. The first kappa shape index (κ1) is 16.0. The summed E-state index contributed by atoms with van der Waals surface area (Å²) in [5.41, 5.74) is 1.70. The first-order valence-electron chi connectivity index (χ1n) is 7.71. The van der Waals surface area contributed by atoms with E-state index in [1.54, 1.807) is 19.2 Å². The number of nitrogens with one attached hydrogen (secondary N) is 1. The molecule has 1 N–H and O–H groups in total. The van der Waals surface area contributed by atoms with Gasteiger partial charge in [0.05, 0.1) is 19.3 Å². The lowest BCUT2D eigenvalue weighted by Crippen LogP contribution is -2.28. The van der Waals surface area contributed by atoms with E-state index in [0.717, 1.165) is 18.0 Å². The first-order chi connectivity index (χ1) is 11.7. The second-order valence-electron chi connectivity index (χ2n) is 5.44. The number of methoxy groups -OCH3 is 1. The van der Waals surface area contributed by atoms with Crippen LogP contribution in [0.25, 0.3) is 0 Å². The van der Waals surface area contributed by atoms with E-state index >= 15 is 0 Å². The number of likely N-dealkylation sites (N-methyl/N-ethyl adjacent to an activating group) is 1. The Morgan fingerprint density at radius 3 is 2.83 bits per heavy atom. The fraction of sp³-hybridized carbons (Fsp3) is 0.278.